The maximum Gasteiger partial charge on any atom is 0.254 e. The van der Waals surface area contributed by atoms with E-state index in [-0.39, 0.29) is 42.0 Å². The third kappa shape index (κ3) is 6.08. The average molecular weight is 595 g/mol. The number of likely N-dealkylation sites (N-methyl/N-ethyl adjacent to an activating group) is 1. The van der Waals surface area contributed by atoms with E-state index in [1.807, 2.05) is 27.7 Å². The van der Waals surface area contributed by atoms with Crippen LogP contribution >= 0.6 is 0 Å². The van der Waals surface area contributed by atoms with E-state index in [1.165, 1.54) is 19.2 Å². The minimum atomic E-state index is -3.12. The van der Waals surface area contributed by atoms with Gasteiger partial charge < -0.3 is 29.6 Å². The Kier molecular flexibility index (Phi) is 8.98. The molecule has 1 saturated heterocycles. The van der Waals surface area contributed by atoms with Crippen molar-refractivity contribution in [2.24, 2.45) is 0 Å². The van der Waals surface area contributed by atoms with E-state index in [9.17, 15) is 23.9 Å². The summed E-state index contributed by atoms with van der Waals surface area (Å²) in [4.78, 5) is 41.2. The molecule has 8 radical (unpaired) electrons. The van der Waals surface area contributed by atoms with Gasteiger partial charge in [-0.1, -0.05) is 12.1 Å². The second-order valence-electron chi connectivity index (χ2n) is 12.8. The lowest BCUT2D eigenvalue weighted by Crippen LogP contribution is -2.76. The van der Waals surface area contributed by atoms with Crippen molar-refractivity contribution in [3.8, 4) is 5.75 Å². The number of morpholine rings is 1. The van der Waals surface area contributed by atoms with Crippen LogP contribution in [0.5, 0.6) is 5.75 Å². The normalized spacial score (nSPS) is 20.7. The molecular formula is C30H34B4FN3O6. The van der Waals surface area contributed by atoms with Crippen molar-refractivity contribution in [2.75, 3.05) is 20.1 Å². The Morgan fingerprint density at radius 3 is 2.36 bits per heavy atom. The summed E-state index contributed by atoms with van der Waals surface area (Å²) in [6, 6.07) is 9.43. The number of amides is 2. The summed E-state index contributed by atoms with van der Waals surface area (Å²) in [6.45, 7) is 9.61. The number of ether oxygens (including phenoxy) is 2. The van der Waals surface area contributed by atoms with Gasteiger partial charge in [0.15, 0.2) is 0 Å². The number of aliphatic hydroxyl groups is 1. The predicted octanol–water partition coefficient (Wildman–Crippen LogP) is 0.870. The Morgan fingerprint density at radius 2 is 1.77 bits per heavy atom. The van der Waals surface area contributed by atoms with Crippen molar-refractivity contribution in [1.82, 2.24) is 15.1 Å². The summed E-state index contributed by atoms with van der Waals surface area (Å²) < 4.78 is 27.1. The smallest absolute Gasteiger partial charge is 0.254 e. The lowest BCUT2D eigenvalue weighted by Gasteiger charge is -2.54. The molecule has 9 nitrogen and oxygen atoms in total. The number of carbonyl (C=O) groups is 3. The first-order valence-electron chi connectivity index (χ1n) is 14.1. The molecule has 2 aromatic rings. The molecule has 2 N–H and O–H groups in total. The number of nitrogens with zero attached hydrogens (tertiary/aromatic N) is 2. The number of carbonyl (C=O) groups excluding carboxylic acids is 3. The minimum Gasteiger partial charge on any atom is -0.488 e. The molecule has 0 spiro atoms. The van der Waals surface area contributed by atoms with Gasteiger partial charge in [0.1, 0.15) is 40.2 Å². The van der Waals surface area contributed by atoms with Gasteiger partial charge in [-0.3, -0.25) is 14.5 Å². The van der Waals surface area contributed by atoms with Gasteiger partial charge in [0, 0.05) is 48.9 Å². The molecule has 2 aliphatic rings. The van der Waals surface area contributed by atoms with Crippen LogP contribution in [-0.2, 0) is 34.0 Å². The molecule has 14 heteroatoms. The van der Waals surface area contributed by atoms with E-state index in [0.29, 0.717) is 30.8 Å². The zero-order chi connectivity index (χ0) is 32.9. The first-order valence-corrected chi connectivity index (χ1v) is 14.1. The van der Waals surface area contributed by atoms with Gasteiger partial charge in [-0.05, 0) is 62.7 Å². The van der Waals surface area contributed by atoms with Crippen molar-refractivity contribution in [3.05, 3.63) is 64.5 Å². The average Bonchev–Trinajstić information content (AvgIpc) is 3.27. The fraction of sp³-hybridized carbons (Fsp3) is 0.500. The Labute approximate surface area is 262 Å². The van der Waals surface area contributed by atoms with Gasteiger partial charge in [-0.25, -0.2) is 4.39 Å². The Bertz CT molecular complexity index is 1450. The molecule has 2 aromatic carbocycles. The first-order chi connectivity index (χ1) is 20.3. The molecule has 2 unspecified atom stereocenters. The van der Waals surface area contributed by atoms with Crippen LogP contribution in [0.15, 0.2) is 36.4 Å². The summed E-state index contributed by atoms with van der Waals surface area (Å²) in [5.74, 6) is -2.18. The number of halogens is 1. The van der Waals surface area contributed by atoms with Crippen molar-refractivity contribution < 1.29 is 33.4 Å². The van der Waals surface area contributed by atoms with Crippen LogP contribution in [0, 0.1) is 5.82 Å². The fourth-order valence-corrected chi connectivity index (χ4v) is 6.14. The van der Waals surface area contributed by atoms with Gasteiger partial charge in [-0.2, -0.15) is 0 Å². The van der Waals surface area contributed by atoms with Crippen LogP contribution in [0.1, 0.15) is 54.7 Å². The molecule has 2 atom stereocenters. The van der Waals surface area contributed by atoms with E-state index >= 15 is 0 Å². The number of rotatable bonds is 10. The molecule has 2 aliphatic heterocycles. The van der Waals surface area contributed by atoms with E-state index in [2.05, 4.69) is 10.2 Å². The number of nitrogens with one attached hydrogen (secondary N) is 1. The number of hydrogen-bond donors (Lipinski definition) is 2. The van der Waals surface area contributed by atoms with E-state index in [4.69, 9.17) is 40.9 Å². The summed E-state index contributed by atoms with van der Waals surface area (Å²) in [5.41, 5.74) is -5.01. The zero-order valence-electron chi connectivity index (χ0n) is 25.6. The highest BCUT2D eigenvalue weighted by atomic mass is 19.1. The van der Waals surface area contributed by atoms with Crippen molar-refractivity contribution in [2.45, 2.75) is 74.7 Å². The van der Waals surface area contributed by atoms with Crippen LogP contribution < -0.4 is 10.1 Å². The van der Waals surface area contributed by atoms with Crippen LogP contribution in [0.4, 0.5) is 4.39 Å². The molecular weight excluding hydrogens is 561 g/mol. The summed E-state index contributed by atoms with van der Waals surface area (Å²) in [5, 5.41) is 10.6. The maximum absolute atomic E-state index is 14.9. The van der Waals surface area contributed by atoms with Gasteiger partial charge >= 0.3 is 0 Å². The van der Waals surface area contributed by atoms with Crippen molar-refractivity contribution >= 4 is 49.5 Å². The van der Waals surface area contributed by atoms with Gasteiger partial charge in [0.25, 0.3) is 5.91 Å². The van der Waals surface area contributed by atoms with Gasteiger partial charge in [0.2, 0.25) is 5.91 Å². The summed E-state index contributed by atoms with van der Waals surface area (Å²) in [7, 11) is 24.9. The van der Waals surface area contributed by atoms with Gasteiger partial charge in [-0.15, -0.1) is 0 Å². The van der Waals surface area contributed by atoms with Crippen molar-refractivity contribution in [3.63, 3.8) is 0 Å². The van der Waals surface area contributed by atoms with Crippen LogP contribution in [0.2, 0.25) is 5.21 Å². The SMILES string of the molecule is [B]C([B])(C=O)C([B])(O)C([B])(C(=O)NC)N1Cc2c(OCc3cc(CN4CC(C)(C)OC(C)(C)C4)ccc3F)cccc2C1=O. The molecule has 0 aliphatic carbocycles. The fourth-order valence-electron chi connectivity index (χ4n) is 6.14. The minimum absolute atomic E-state index is 0.0662. The van der Waals surface area contributed by atoms with E-state index < -0.39 is 33.8 Å². The number of fused-ring (bicyclic) bond motifs is 1. The monoisotopic (exact) mass is 595 g/mol. The van der Waals surface area contributed by atoms with E-state index in [0.717, 1.165) is 10.5 Å². The lowest BCUT2D eigenvalue weighted by atomic mass is 9.34. The third-order valence-electron chi connectivity index (χ3n) is 8.02. The highest BCUT2D eigenvalue weighted by Crippen LogP contribution is 2.43. The second kappa shape index (κ2) is 11.7. The Balaban J connectivity index is 1.58. The maximum atomic E-state index is 14.9. The molecule has 0 aromatic heterocycles. The van der Waals surface area contributed by atoms with Gasteiger partial charge in [0.05, 0.1) is 38.9 Å². The predicted molar refractivity (Wildman–Crippen MR) is 165 cm³/mol. The summed E-state index contributed by atoms with van der Waals surface area (Å²) in [6.07, 6.45) is -0.0662. The molecule has 2 heterocycles. The number of hydrogen-bond acceptors (Lipinski definition) is 7. The number of aldehydes is 1. The molecule has 0 bridgehead atoms. The van der Waals surface area contributed by atoms with Crippen LogP contribution in [-0.4, -0.2) is 107 Å². The molecule has 0 saturated carbocycles. The Hall–Kier alpha value is -3.08. The van der Waals surface area contributed by atoms with Crippen LogP contribution in [0.3, 0.4) is 0 Å². The molecule has 224 valence electrons. The lowest BCUT2D eigenvalue weighted by molar-refractivity contribution is -0.182. The van der Waals surface area contributed by atoms with Crippen LogP contribution in [0.25, 0.3) is 0 Å². The largest absolute Gasteiger partial charge is 0.488 e. The molecule has 44 heavy (non-hydrogen) atoms. The molecule has 4 rings (SSSR count). The summed E-state index contributed by atoms with van der Waals surface area (Å²) >= 11 is 0. The molecule has 2 amide bonds. The highest BCUT2D eigenvalue weighted by molar-refractivity contribution is 6.54. The second-order valence-corrected chi connectivity index (χ2v) is 12.8. The number of benzene rings is 2. The zero-order valence-corrected chi connectivity index (χ0v) is 25.6. The van der Waals surface area contributed by atoms with E-state index in [1.54, 1.807) is 24.3 Å². The Morgan fingerprint density at radius 1 is 1.14 bits per heavy atom. The quantitative estimate of drug-likeness (QED) is 0.311. The highest BCUT2D eigenvalue weighted by Gasteiger charge is 2.60. The standard InChI is InChI=1S/C30H34B4FN3O6/c1-26(2)15-37(16-27(3,4)44-26)12-18-9-10-22(35)19(11-18)14-43-23-8-6-7-20-21(23)13-38(24(20)40)29(33,25(41)36-5)30(34,42)28(31,32)17-39/h6-11,17,42H,12-16H2,1-5H3,(H,36,41). The third-order valence-corrected chi connectivity index (χ3v) is 8.02. The first kappa shape index (κ1) is 33.8. The van der Waals surface area contributed by atoms with Crippen molar-refractivity contribution in [1.29, 1.82) is 0 Å². The topological polar surface area (TPSA) is 108 Å². The molecule has 1 fully saturated rings.